The molecule has 1 aliphatic heterocycles. The van der Waals surface area contributed by atoms with Crippen LogP contribution >= 0.6 is 0 Å². The van der Waals surface area contributed by atoms with Gasteiger partial charge < -0.3 is 15.5 Å². The molecule has 2 aromatic carbocycles. The Morgan fingerprint density at radius 1 is 1.07 bits per heavy atom. The van der Waals surface area contributed by atoms with E-state index in [1.165, 1.54) is 36.4 Å². The Bertz CT molecular complexity index is 1490. The maximum absolute atomic E-state index is 14.4. The van der Waals surface area contributed by atoms with E-state index in [-0.39, 0.29) is 24.5 Å². The molecule has 1 aromatic heterocycles. The number of rotatable bonds is 8. The number of fused-ring (bicyclic) bond motifs is 1. The van der Waals surface area contributed by atoms with Crippen LogP contribution in [0.3, 0.4) is 0 Å². The number of alkyl halides is 1. The number of benzene rings is 2. The van der Waals surface area contributed by atoms with Crippen molar-refractivity contribution in [2.24, 2.45) is 5.92 Å². The summed E-state index contributed by atoms with van der Waals surface area (Å²) in [6.07, 6.45) is 4.52. The maximum atomic E-state index is 14.4. The average molecular weight is 551 g/mol. The van der Waals surface area contributed by atoms with E-state index in [4.69, 9.17) is 0 Å². The first-order chi connectivity index (χ1) is 19.2. The lowest BCUT2D eigenvalue weighted by Crippen LogP contribution is -2.49. The van der Waals surface area contributed by atoms with Crippen LogP contribution < -0.4 is 10.6 Å². The number of halogens is 3. The highest BCUT2D eigenvalue weighted by molar-refractivity contribution is 5.97. The van der Waals surface area contributed by atoms with Crippen LogP contribution in [0.2, 0.25) is 0 Å². The van der Waals surface area contributed by atoms with Crippen LogP contribution in [-0.4, -0.2) is 52.9 Å². The summed E-state index contributed by atoms with van der Waals surface area (Å²) in [5, 5.41) is 5.83. The Kier molecular flexibility index (Phi) is 7.86. The second kappa shape index (κ2) is 11.5. The molecule has 0 bridgehead atoms. The highest BCUT2D eigenvalue weighted by Gasteiger charge is 2.40. The molecule has 1 saturated heterocycles. The standard InChI is InChI=1S/C30H29F3N4O3/c1-17(24-9-7-21(31)12-19(24)5-4-18-2-3-18)35-30(40)27-14-23(33)16-37(27)28(38)15-34-29(39)26-10-6-20-13-22(32)8-11-25(20)36-26/h4-13,17-18,23,27H,2-3,14-16H2,1H3,(H,34,39)(H,35,40)/b5-4+/t17-,23+,27-/m0/s1. The van der Waals surface area contributed by atoms with Gasteiger partial charge in [-0.1, -0.05) is 24.3 Å². The molecule has 0 radical (unpaired) electrons. The van der Waals surface area contributed by atoms with Crippen LogP contribution in [0.5, 0.6) is 0 Å². The van der Waals surface area contributed by atoms with Crippen molar-refractivity contribution in [2.75, 3.05) is 13.1 Å². The number of nitrogens with one attached hydrogen (secondary N) is 2. The van der Waals surface area contributed by atoms with Gasteiger partial charge in [-0.2, -0.15) is 0 Å². The van der Waals surface area contributed by atoms with Crippen molar-refractivity contribution in [3.8, 4) is 0 Å². The van der Waals surface area contributed by atoms with Crippen LogP contribution in [0.25, 0.3) is 17.0 Å². The minimum atomic E-state index is -1.39. The first-order valence-corrected chi connectivity index (χ1v) is 13.2. The Morgan fingerprint density at radius 3 is 2.60 bits per heavy atom. The Labute approximate surface area is 229 Å². The van der Waals surface area contributed by atoms with E-state index in [0.29, 0.717) is 27.9 Å². The molecule has 3 atom stereocenters. The van der Waals surface area contributed by atoms with Gasteiger partial charge in [0.1, 0.15) is 29.5 Å². The highest BCUT2D eigenvalue weighted by Crippen LogP contribution is 2.32. The van der Waals surface area contributed by atoms with E-state index in [0.717, 1.165) is 17.7 Å². The van der Waals surface area contributed by atoms with Gasteiger partial charge in [-0.25, -0.2) is 18.2 Å². The van der Waals surface area contributed by atoms with Crippen molar-refractivity contribution in [2.45, 2.75) is 44.4 Å². The second-order valence-corrected chi connectivity index (χ2v) is 10.3. The summed E-state index contributed by atoms with van der Waals surface area (Å²) in [6.45, 7) is 1.02. The van der Waals surface area contributed by atoms with Crippen molar-refractivity contribution >= 4 is 34.7 Å². The monoisotopic (exact) mass is 550 g/mol. The topological polar surface area (TPSA) is 91.4 Å². The van der Waals surface area contributed by atoms with Crippen molar-refractivity contribution in [3.63, 3.8) is 0 Å². The molecule has 10 heteroatoms. The van der Waals surface area contributed by atoms with E-state index < -0.39 is 48.3 Å². The summed E-state index contributed by atoms with van der Waals surface area (Å²) < 4.78 is 41.7. The van der Waals surface area contributed by atoms with E-state index in [1.807, 2.05) is 12.2 Å². The van der Waals surface area contributed by atoms with Gasteiger partial charge in [-0.05, 0) is 73.2 Å². The van der Waals surface area contributed by atoms with Crippen molar-refractivity contribution in [1.29, 1.82) is 0 Å². The third-order valence-electron chi connectivity index (χ3n) is 7.20. The smallest absolute Gasteiger partial charge is 0.270 e. The van der Waals surface area contributed by atoms with Crippen molar-refractivity contribution in [1.82, 2.24) is 20.5 Å². The zero-order valence-corrected chi connectivity index (χ0v) is 21.9. The summed E-state index contributed by atoms with van der Waals surface area (Å²) in [6, 6.07) is 9.69. The number of likely N-dealkylation sites (tertiary alicyclic amines) is 1. The number of nitrogens with zero attached hydrogens (tertiary/aromatic N) is 2. The number of carbonyl (C=O) groups is 3. The first kappa shape index (κ1) is 27.4. The molecule has 3 aromatic rings. The largest absolute Gasteiger partial charge is 0.348 e. The van der Waals surface area contributed by atoms with Crippen LogP contribution in [-0.2, 0) is 9.59 Å². The van der Waals surface area contributed by atoms with Crippen molar-refractivity contribution < 1.29 is 27.6 Å². The van der Waals surface area contributed by atoms with Gasteiger partial charge in [0, 0.05) is 11.8 Å². The predicted molar refractivity (Wildman–Crippen MR) is 144 cm³/mol. The molecule has 2 aliphatic rings. The van der Waals surface area contributed by atoms with Gasteiger partial charge in [0.2, 0.25) is 11.8 Å². The fraction of sp³-hybridized carbons (Fsp3) is 0.333. The Hall–Kier alpha value is -4.21. The Morgan fingerprint density at radius 2 is 1.82 bits per heavy atom. The fourth-order valence-electron chi connectivity index (χ4n) is 4.88. The maximum Gasteiger partial charge on any atom is 0.270 e. The molecule has 7 nitrogen and oxygen atoms in total. The third kappa shape index (κ3) is 6.32. The molecule has 0 unspecified atom stereocenters. The molecule has 40 heavy (non-hydrogen) atoms. The molecule has 3 amide bonds. The lowest BCUT2D eigenvalue weighted by atomic mass is 10.00. The van der Waals surface area contributed by atoms with Crippen LogP contribution in [0.1, 0.15) is 53.8 Å². The van der Waals surface area contributed by atoms with Crippen LogP contribution in [0, 0.1) is 17.6 Å². The van der Waals surface area contributed by atoms with Gasteiger partial charge in [-0.15, -0.1) is 0 Å². The molecule has 0 spiro atoms. The lowest BCUT2D eigenvalue weighted by molar-refractivity contribution is -0.138. The minimum absolute atomic E-state index is 0.0330. The number of hydrogen-bond donors (Lipinski definition) is 2. The summed E-state index contributed by atoms with van der Waals surface area (Å²) in [4.78, 5) is 44.0. The normalized spacial score (nSPS) is 19.6. The van der Waals surface area contributed by atoms with Gasteiger partial charge in [0.25, 0.3) is 5.91 Å². The molecular formula is C30H29F3N4O3. The quantitative estimate of drug-likeness (QED) is 0.433. The third-order valence-corrected chi connectivity index (χ3v) is 7.20. The zero-order valence-electron chi connectivity index (χ0n) is 21.9. The molecule has 2 N–H and O–H groups in total. The summed E-state index contributed by atoms with van der Waals surface area (Å²) >= 11 is 0. The van der Waals surface area contributed by atoms with E-state index in [1.54, 1.807) is 19.1 Å². The number of allylic oxidation sites excluding steroid dienone is 1. The average Bonchev–Trinajstić information content (AvgIpc) is 3.68. The molecule has 208 valence electrons. The van der Waals surface area contributed by atoms with E-state index in [9.17, 15) is 27.6 Å². The van der Waals surface area contributed by atoms with E-state index >= 15 is 0 Å². The predicted octanol–water partition coefficient (Wildman–Crippen LogP) is 4.48. The first-order valence-electron chi connectivity index (χ1n) is 13.2. The molecule has 5 rings (SSSR count). The van der Waals surface area contributed by atoms with E-state index in [2.05, 4.69) is 15.6 Å². The van der Waals surface area contributed by atoms with Gasteiger partial charge in [0.05, 0.1) is 24.6 Å². The number of amides is 3. The van der Waals surface area contributed by atoms with Crippen molar-refractivity contribution in [3.05, 3.63) is 83.1 Å². The second-order valence-electron chi connectivity index (χ2n) is 10.3. The summed E-state index contributed by atoms with van der Waals surface area (Å²) in [5.74, 6) is -2.10. The SMILES string of the molecule is C[C@H](NC(=O)[C@@H]1C[C@@H](F)CN1C(=O)CNC(=O)c1ccc2cc(F)ccc2n1)c1ccc(F)cc1/C=C/C1CC1. The molecule has 2 heterocycles. The van der Waals surface area contributed by atoms with Crippen LogP contribution in [0.4, 0.5) is 13.2 Å². The summed E-state index contributed by atoms with van der Waals surface area (Å²) in [7, 11) is 0. The molecule has 1 saturated carbocycles. The number of hydrogen-bond acceptors (Lipinski definition) is 4. The fourth-order valence-corrected chi connectivity index (χ4v) is 4.88. The lowest BCUT2D eigenvalue weighted by Gasteiger charge is -2.26. The highest BCUT2D eigenvalue weighted by atomic mass is 19.1. The van der Waals surface area contributed by atoms with Gasteiger partial charge >= 0.3 is 0 Å². The molecule has 1 aliphatic carbocycles. The van der Waals surface area contributed by atoms with Gasteiger partial charge in [0.15, 0.2) is 0 Å². The van der Waals surface area contributed by atoms with Gasteiger partial charge in [-0.3, -0.25) is 14.4 Å². The number of pyridine rings is 1. The minimum Gasteiger partial charge on any atom is -0.348 e. The molecular weight excluding hydrogens is 521 g/mol. The zero-order chi connectivity index (χ0) is 28.4. The summed E-state index contributed by atoms with van der Waals surface area (Å²) in [5.41, 5.74) is 1.80. The number of aromatic nitrogens is 1. The van der Waals surface area contributed by atoms with Crippen LogP contribution in [0.15, 0.2) is 54.6 Å². The Balaban J connectivity index is 1.22. The number of carbonyl (C=O) groups excluding carboxylic acids is 3. The molecule has 2 fully saturated rings.